The molecule has 28 heavy (non-hydrogen) atoms. The molecule has 0 amide bonds. The van der Waals surface area contributed by atoms with Crippen LogP contribution in [0.5, 0.6) is 0 Å². The molecule has 1 aliphatic rings. The maximum atomic E-state index is 12.8. The zero-order valence-electron chi connectivity index (χ0n) is 14.7. The Labute approximate surface area is 163 Å². The third kappa shape index (κ3) is 3.75. The summed E-state index contributed by atoms with van der Waals surface area (Å²) in [5.41, 5.74) is 3.10. The SMILES string of the molecule is O=C(CCc1cccc(C(F)(F)F)c1)c1csc(C2=NCc3ncccc32)c1. The molecular weight excluding hydrogens is 385 g/mol. The zero-order chi connectivity index (χ0) is 19.7. The number of benzene rings is 1. The Balaban J connectivity index is 1.45. The van der Waals surface area contributed by atoms with Crippen molar-refractivity contribution in [3.63, 3.8) is 0 Å². The van der Waals surface area contributed by atoms with Gasteiger partial charge in [0.25, 0.3) is 0 Å². The number of alkyl halides is 3. The van der Waals surface area contributed by atoms with Gasteiger partial charge in [-0.3, -0.25) is 14.8 Å². The molecule has 4 rings (SSSR count). The Hall–Kier alpha value is -2.80. The summed E-state index contributed by atoms with van der Waals surface area (Å²) < 4.78 is 38.4. The van der Waals surface area contributed by atoms with E-state index in [1.54, 1.807) is 23.7 Å². The topological polar surface area (TPSA) is 42.3 Å². The van der Waals surface area contributed by atoms with Gasteiger partial charge in [0, 0.05) is 29.1 Å². The van der Waals surface area contributed by atoms with E-state index in [9.17, 15) is 18.0 Å². The van der Waals surface area contributed by atoms with Gasteiger partial charge in [-0.15, -0.1) is 11.3 Å². The van der Waals surface area contributed by atoms with Gasteiger partial charge in [-0.05, 0) is 36.2 Å². The van der Waals surface area contributed by atoms with Crippen LogP contribution in [0, 0.1) is 0 Å². The molecule has 0 aliphatic carbocycles. The first-order valence-electron chi connectivity index (χ1n) is 8.69. The lowest BCUT2D eigenvalue weighted by atomic mass is 10.0. The normalized spacial score (nSPS) is 13.3. The predicted octanol–water partition coefficient (Wildman–Crippen LogP) is 5.33. The molecule has 1 aromatic carbocycles. The number of rotatable bonds is 5. The first-order valence-corrected chi connectivity index (χ1v) is 9.57. The molecule has 3 heterocycles. The number of thiophene rings is 1. The van der Waals surface area contributed by atoms with Crippen LogP contribution in [-0.2, 0) is 19.1 Å². The molecule has 7 heteroatoms. The maximum absolute atomic E-state index is 12.8. The summed E-state index contributed by atoms with van der Waals surface area (Å²) in [6.45, 7) is 0.530. The molecule has 0 bridgehead atoms. The monoisotopic (exact) mass is 400 g/mol. The Bertz CT molecular complexity index is 1070. The third-order valence-electron chi connectivity index (χ3n) is 4.58. The zero-order valence-corrected chi connectivity index (χ0v) is 15.5. The fourth-order valence-electron chi connectivity index (χ4n) is 3.14. The van der Waals surface area contributed by atoms with E-state index >= 15 is 0 Å². The van der Waals surface area contributed by atoms with Gasteiger partial charge in [-0.2, -0.15) is 13.2 Å². The van der Waals surface area contributed by atoms with Crippen molar-refractivity contribution in [1.29, 1.82) is 0 Å². The summed E-state index contributed by atoms with van der Waals surface area (Å²) in [6.07, 6.45) is -2.23. The molecule has 0 unspecified atom stereocenters. The molecule has 142 valence electrons. The van der Waals surface area contributed by atoms with Gasteiger partial charge in [0.1, 0.15) is 0 Å². The maximum Gasteiger partial charge on any atom is 0.416 e. The van der Waals surface area contributed by atoms with Crippen molar-refractivity contribution in [2.24, 2.45) is 4.99 Å². The number of aryl methyl sites for hydroxylation is 1. The molecule has 2 aromatic heterocycles. The van der Waals surface area contributed by atoms with Crippen LogP contribution in [0.4, 0.5) is 13.2 Å². The highest BCUT2D eigenvalue weighted by atomic mass is 32.1. The largest absolute Gasteiger partial charge is 0.416 e. The van der Waals surface area contributed by atoms with Crippen molar-refractivity contribution in [2.45, 2.75) is 25.6 Å². The smallest absolute Gasteiger partial charge is 0.294 e. The molecule has 0 saturated carbocycles. The lowest BCUT2D eigenvalue weighted by Gasteiger charge is -2.08. The number of Topliss-reactive ketones (excluding diaryl/α,β-unsaturated/α-hetero) is 1. The van der Waals surface area contributed by atoms with Gasteiger partial charge in [0.2, 0.25) is 0 Å². The fraction of sp³-hybridized carbons (Fsp3) is 0.190. The van der Waals surface area contributed by atoms with Gasteiger partial charge in [-0.25, -0.2) is 0 Å². The van der Waals surface area contributed by atoms with Crippen LogP contribution in [0.25, 0.3) is 0 Å². The average molecular weight is 400 g/mol. The van der Waals surface area contributed by atoms with E-state index < -0.39 is 11.7 Å². The third-order valence-corrected chi connectivity index (χ3v) is 5.52. The standard InChI is InChI=1S/C21H15F3N2OS/c22-21(23,24)15-4-1-3-13(9-15)6-7-18(27)14-10-19(28-12-14)20-16-5-2-8-25-17(16)11-26-20/h1-5,8-10,12H,6-7,11H2. The van der Waals surface area contributed by atoms with Crippen LogP contribution >= 0.6 is 11.3 Å². The quantitative estimate of drug-likeness (QED) is 0.544. The average Bonchev–Trinajstić information content (AvgIpc) is 3.32. The van der Waals surface area contributed by atoms with Crippen LogP contribution in [0.3, 0.4) is 0 Å². The number of carbonyl (C=O) groups excluding carboxylic acids is 1. The number of carbonyl (C=O) groups is 1. The summed E-state index contributed by atoms with van der Waals surface area (Å²) in [5.74, 6) is -0.0927. The molecular formula is C21H15F3N2OS. The van der Waals surface area contributed by atoms with Crippen LogP contribution in [0.2, 0.25) is 0 Å². The number of hydrogen-bond donors (Lipinski definition) is 0. The molecule has 0 atom stereocenters. The summed E-state index contributed by atoms with van der Waals surface area (Å²) in [5, 5.41) is 1.78. The molecule has 3 aromatic rings. The highest BCUT2D eigenvalue weighted by Gasteiger charge is 2.30. The Kier molecular flexibility index (Phi) is 4.85. The Morgan fingerprint density at radius 3 is 2.82 bits per heavy atom. The molecule has 0 spiro atoms. The number of pyridine rings is 1. The molecule has 0 saturated heterocycles. The highest BCUT2D eigenvalue weighted by Crippen LogP contribution is 2.30. The summed E-state index contributed by atoms with van der Waals surface area (Å²) in [4.78, 5) is 22.2. The van der Waals surface area contributed by atoms with Crippen LogP contribution < -0.4 is 0 Å². The van der Waals surface area contributed by atoms with Gasteiger partial charge in [0.15, 0.2) is 5.78 Å². The van der Waals surface area contributed by atoms with E-state index in [1.165, 1.54) is 17.4 Å². The highest BCUT2D eigenvalue weighted by molar-refractivity contribution is 7.12. The number of halogens is 3. The van der Waals surface area contributed by atoms with Gasteiger partial charge >= 0.3 is 6.18 Å². The number of hydrogen-bond acceptors (Lipinski definition) is 4. The Morgan fingerprint density at radius 2 is 2.00 bits per heavy atom. The summed E-state index contributed by atoms with van der Waals surface area (Å²) in [6, 6.07) is 10.7. The minimum atomic E-state index is -4.38. The number of nitrogens with zero attached hydrogens (tertiary/aromatic N) is 2. The van der Waals surface area contributed by atoms with Gasteiger partial charge in [-0.1, -0.05) is 18.2 Å². The summed E-state index contributed by atoms with van der Waals surface area (Å²) in [7, 11) is 0. The van der Waals surface area contributed by atoms with Crippen LogP contribution in [0.15, 0.2) is 59.0 Å². The first kappa shape index (κ1) is 18.6. The van der Waals surface area contributed by atoms with E-state index in [1.807, 2.05) is 12.1 Å². The van der Waals surface area contributed by atoms with Crippen molar-refractivity contribution in [3.8, 4) is 0 Å². The number of ketones is 1. The first-order chi connectivity index (χ1) is 13.4. The minimum absolute atomic E-state index is 0.0927. The molecule has 1 aliphatic heterocycles. The van der Waals surface area contributed by atoms with Crippen molar-refractivity contribution in [1.82, 2.24) is 4.98 Å². The summed E-state index contributed by atoms with van der Waals surface area (Å²) >= 11 is 1.44. The lowest BCUT2D eigenvalue weighted by Crippen LogP contribution is -2.06. The van der Waals surface area contributed by atoms with E-state index in [0.29, 0.717) is 17.7 Å². The van der Waals surface area contributed by atoms with Crippen LogP contribution in [0.1, 0.15) is 44.0 Å². The van der Waals surface area contributed by atoms with Crippen molar-refractivity contribution in [2.75, 3.05) is 0 Å². The second-order valence-electron chi connectivity index (χ2n) is 6.48. The molecule has 0 N–H and O–H groups in total. The molecule has 0 fully saturated rings. The van der Waals surface area contributed by atoms with Crippen molar-refractivity contribution < 1.29 is 18.0 Å². The second-order valence-corrected chi connectivity index (χ2v) is 7.39. The van der Waals surface area contributed by atoms with E-state index in [4.69, 9.17) is 0 Å². The second kappa shape index (κ2) is 7.31. The van der Waals surface area contributed by atoms with Gasteiger partial charge < -0.3 is 0 Å². The van der Waals surface area contributed by atoms with E-state index in [0.717, 1.165) is 34.0 Å². The van der Waals surface area contributed by atoms with Gasteiger partial charge in [0.05, 0.1) is 28.4 Å². The lowest BCUT2D eigenvalue weighted by molar-refractivity contribution is -0.137. The van der Waals surface area contributed by atoms with Crippen LogP contribution in [-0.4, -0.2) is 16.5 Å². The van der Waals surface area contributed by atoms with E-state index in [-0.39, 0.29) is 18.6 Å². The van der Waals surface area contributed by atoms with E-state index in [2.05, 4.69) is 9.98 Å². The fourth-order valence-corrected chi connectivity index (χ4v) is 4.08. The number of aromatic nitrogens is 1. The number of aliphatic imine (C=N–C) groups is 1. The van der Waals surface area contributed by atoms with Crippen molar-refractivity contribution >= 4 is 22.8 Å². The predicted molar refractivity (Wildman–Crippen MR) is 102 cm³/mol. The Morgan fingerprint density at radius 1 is 1.14 bits per heavy atom. The molecule has 3 nitrogen and oxygen atoms in total. The van der Waals surface area contributed by atoms with Crippen molar-refractivity contribution in [3.05, 3.63) is 86.9 Å². The number of fused-ring (bicyclic) bond motifs is 1. The molecule has 0 radical (unpaired) electrons. The minimum Gasteiger partial charge on any atom is -0.294 e.